The maximum absolute atomic E-state index is 12.6. The normalized spacial score (nSPS) is 32.8. The first-order valence-corrected chi connectivity index (χ1v) is 9.81. The van der Waals surface area contributed by atoms with Crippen LogP contribution in [0.2, 0.25) is 0 Å². The minimum absolute atomic E-state index is 0.138. The van der Waals surface area contributed by atoms with E-state index in [1.807, 2.05) is 6.07 Å². The molecular formula is C21H30N2O3. The van der Waals surface area contributed by atoms with Crippen molar-refractivity contribution in [1.82, 2.24) is 5.32 Å². The molecule has 4 saturated carbocycles. The van der Waals surface area contributed by atoms with Crippen LogP contribution in [0.5, 0.6) is 11.5 Å². The Morgan fingerprint density at radius 3 is 2.15 bits per heavy atom. The number of nitrogens with one attached hydrogen (secondary N) is 2. The molecule has 1 unspecified atom stereocenters. The summed E-state index contributed by atoms with van der Waals surface area (Å²) < 4.78 is 10.6. The molecule has 0 aliphatic heterocycles. The number of hydrogen-bond donors (Lipinski definition) is 2. The van der Waals surface area contributed by atoms with Gasteiger partial charge in [0.05, 0.1) is 14.2 Å². The number of ether oxygens (including phenoxy) is 2. The highest BCUT2D eigenvalue weighted by molar-refractivity contribution is 5.89. The van der Waals surface area contributed by atoms with Crippen molar-refractivity contribution < 1.29 is 14.3 Å². The molecule has 142 valence electrons. The van der Waals surface area contributed by atoms with Gasteiger partial charge in [0.1, 0.15) is 0 Å². The van der Waals surface area contributed by atoms with E-state index in [9.17, 15) is 4.79 Å². The summed E-state index contributed by atoms with van der Waals surface area (Å²) in [5.74, 6) is 3.93. The van der Waals surface area contributed by atoms with Gasteiger partial charge in [0.15, 0.2) is 11.5 Å². The predicted octanol–water partition coefficient (Wildman–Crippen LogP) is 4.43. The summed E-state index contributed by atoms with van der Waals surface area (Å²) in [7, 11) is 3.20. The van der Waals surface area contributed by atoms with Crippen molar-refractivity contribution in [3.63, 3.8) is 0 Å². The zero-order valence-corrected chi connectivity index (χ0v) is 16.0. The molecular weight excluding hydrogens is 328 g/mol. The molecule has 4 aliphatic carbocycles. The summed E-state index contributed by atoms with van der Waals surface area (Å²) in [6.07, 6.45) is 8.13. The van der Waals surface area contributed by atoms with Crippen LogP contribution in [0, 0.1) is 23.2 Å². The molecule has 1 atom stereocenters. The van der Waals surface area contributed by atoms with Crippen molar-refractivity contribution in [1.29, 1.82) is 0 Å². The summed E-state index contributed by atoms with van der Waals surface area (Å²) in [6.45, 7) is 2.20. The Labute approximate surface area is 155 Å². The standard InChI is InChI=1S/C21H30N2O3/c1-13(21-10-14-6-15(11-21)8-16(7-14)12-21)22-20(24)23-17-4-5-18(25-2)19(9-17)26-3/h4-5,9,13-16H,6-8,10-12H2,1-3H3,(H2,22,23,24). The number of methoxy groups -OCH3 is 2. The zero-order valence-electron chi connectivity index (χ0n) is 16.0. The van der Waals surface area contributed by atoms with Crippen molar-refractivity contribution in [2.45, 2.75) is 51.5 Å². The fourth-order valence-electron chi connectivity index (χ4n) is 6.14. The molecule has 1 aromatic rings. The second-order valence-electron chi connectivity index (χ2n) is 8.67. The van der Waals surface area contributed by atoms with Crippen LogP contribution in [0.3, 0.4) is 0 Å². The molecule has 1 aromatic carbocycles. The number of hydrogen-bond acceptors (Lipinski definition) is 3. The average molecular weight is 358 g/mol. The lowest BCUT2D eigenvalue weighted by atomic mass is 9.48. The van der Waals surface area contributed by atoms with Crippen LogP contribution in [-0.2, 0) is 0 Å². The molecule has 0 saturated heterocycles. The van der Waals surface area contributed by atoms with Gasteiger partial charge in [-0.2, -0.15) is 0 Å². The first kappa shape index (κ1) is 17.5. The maximum atomic E-state index is 12.6. The van der Waals surface area contributed by atoms with Gasteiger partial charge >= 0.3 is 6.03 Å². The summed E-state index contributed by atoms with van der Waals surface area (Å²) in [6, 6.07) is 5.48. The number of amides is 2. The molecule has 0 heterocycles. The highest BCUT2D eigenvalue weighted by Crippen LogP contribution is 2.61. The number of benzene rings is 1. The molecule has 2 amide bonds. The van der Waals surface area contributed by atoms with Gasteiger partial charge in [0.25, 0.3) is 0 Å². The average Bonchev–Trinajstić information content (AvgIpc) is 2.60. The van der Waals surface area contributed by atoms with Crippen LogP contribution in [0.4, 0.5) is 10.5 Å². The molecule has 0 radical (unpaired) electrons. The number of rotatable bonds is 5. The quantitative estimate of drug-likeness (QED) is 0.818. The largest absolute Gasteiger partial charge is 0.493 e. The van der Waals surface area contributed by atoms with E-state index in [4.69, 9.17) is 9.47 Å². The van der Waals surface area contributed by atoms with E-state index >= 15 is 0 Å². The van der Waals surface area contributed by atoms with Gasteiger partial charge in [-0.3, -0.25) is 0 Å². The third-order valence-electron chi connectivity index (χ3n) is 6.99. The Morgan fingerprint density at radius 1 is 1.04 bits per heavy atom. The van der Waals surface area contributed by atoms with E-state index in [0.29, 0.717) is 22.6 Å². The number of urea groups is 1. The van der Waals surface area contributed by atoms with Gasteiger partial charge in [-0.05, 0) is 80.8 Å². The van der Waals surface area contributed by atoms with Gasteiger partial charge in [-0.1, -0.05) is 0 Å². The molecule has 5 nitrogen and oxygen atoms in total. The minimum atomic E-state index is -0.138. The van der Waals surface area contributed by atoms with E-state index in [1.165, 1.54) is 38.5 Å². The molecule has 4 bridgehead atoms. The third-order valence-corrected chi connectivity index (χ3v) is 6.99. The Kier molecular flexibility index (Phi) is 4.49. The predicted molar refractivity (Wildman–Crippen MR) is 102 cm³/mol. The lowest BCUT2D eigenvalue weighted by Crippen LogP contribution is -2.56. The van der Waals surface area contributed by atoms with E-state index < -0.39 is 0 Å². The molecule has 4 fully saturated rings. The van der Waals surface area contributed by atoms with Gasteiger partial charge < -0.3 is 20.1 Å². The molecule has 0 aromatic heterocycles. The minimum Gasteiger partial charge on any atom is -0.493 e. The number of carbonyl (C=O) groups excluding carboxylic acids is 1. The highest BCUT2D eigenvalue weighted by Gasteiger charge is 2.53. The van der Waals surface area contributed by atoms with Crippen LogP contribution < -0.4 is 20.1 Å². The van der Waals surface area contributed by atoms with E-state index in [-0.39, 0.29) is 12.1 Å². The first-order chi connectivity index (χ1) is 12.5. The SMILES string of the molecule is COc1ccc(NC(=O)NC(C)C23CC4CC(CC(C4)C2)C3)cc1OC. The second-order valence-corrected chi connectivity index (χ2v) is 8.67. The second kappa shape index (κ2) is 6.67. The number of carbonyl (C=O) groups is 1. The Morgan fingerprint density at radius 2 is 1.62 bits per heavy atom. The van der Waals surface area contributed by atoms with Crippen LogP contribution in [0.15, 0.2) is 18.2 Å². The zero-order chi connectivity index (χ0) is 18.3. The molecule has 2 N–H and O–H groups in total. The van der Waals surface area contributed by atoms with Crippen molar-refractivity contribution in [2.24, 2.45) is 23.2 Å². The van der Waals surface area contributed by atoms with E-state index in [2.05, 4.69) is 17.6 Å². The first-order valence-electron chi connectivity index (χ1n) is 9.81. The van der Waals surface area contributed by atoms with E-state index in [0.717, 1.165) is 17.8 Å². The number of anilines is 1. The fourth-order valence-corrected chi connectivity index (χ4v) is 6.14. The van der Waals surface area contributed by atoms with Gasteiger partial charge in [-0.25, -0.2) is 4.79 Å². The summed E-state index contributed by atoms with van der Waals surface area (Å²) in [5.41, 5.74) is 1.02. The molecule has 0 spiro atoms. The van der Waals surface area contributed by atoms with Crippen molar-refractivity contribution in [3.8, 4) is 11.5 Å². The van der Waals surface area contributed by atoms with Crippen LogP contribution in [0.1, 0.15) is 45.4 Å². The monoisotopic (exact) mass is 358 g/mol. The molecule has 4 aliphatic rings. The Bertz CT molecular complexity index is 653. The summed E-state index contributed by atoms with van der Waals surface area (Å²) in [4.78, 5) is 12.6. The maximum Gasteiger partial charge on any atom is 0.319 e. The summed E-state index contributed by atoms with van der Waals surface area (Å²) >= 11 is 0. The van der Waals surface area contributed by atoms with Crippen LogP contribution in [-0.4, -0.2) is 26.3 Å². The molecule has 26 heavy (non-hydrogen) atoms. The van der Waals surface area contributed by atoms with Gasteiger partial charge in [0.2, 0.25) is 0 Å². The van der Waals surface area contributed by atoms with Crippen molar-refractivity contribution in [2.75, 3.05) is 19.5 Å². The Balaban J connectivity index is 1.40. The third kappa shape index (κ3) is 3.12. The van der Waals surface area contributed by atoms with Gasteiger partial charge in [0, 0.05) is 17.8 Å². The highest BCUT2D eigenvalue weighted by atomic mass is 16.5. The summed E-state index contributed by atoms with van der Waals surface area (Å²) in [5, 5.41) is 6.17. The molecule has 5 heteroatoms. The van der Waals surface area contributed by atoms with E-state index in [1.54, 1.807) is 26.4 Å². The fraction of sp³-hybridized carbons (Fsp3) is 0.667. The lowest BCUT2D eigenvalue weighted by molar-refractivity contribution is -0.0679. The van der Waals surface area contributed by atoms with Gasteiger partial charge in [-0.15, -0.1) is 0 Å². The van der Waals surface area contributed by atoms with Crippen LogP contribution >= 0.6 is 0 Å². The Hall–Kier alpha value is -1.91. The molecule has 5 rings (SSSR count). The topological polar surface area (TPSA) is 59.6 Å². The smallest absolute Gasteiger partial charge is 0.319 e. The van der Waals surface area contributed by atoms with Crippen molar-refractivity contribution in [3.05, 3.63) is 18.2 Å². The van der Waals surface area contributed by atoms with Crippen LogP contribution in [0.25, 0.3) is 0 Å². The lowest BCUT2D eigenvalue weighted by Gasteiger charge is -2.59. The van der Waals surface area contributed by atoms with Crippen molar-refractivity contribution >= 4 is 11.7 Å².